The number of ether oxygens (including phenoxy) is 3. The Hall–Kier alpha value is -5.23. The average molecular weight is 990 g/mol. The zero-order chi connectivity index (χ0) is 52.2. The van der Waals surface area contributed by atoms with E-state index in [1.807, 2.05) is 48.6 Å². The van der Waals surface area contributed by atoms with Crippen LogP contribution in [0, 0.1) is 0 Å². The minimum absolute atomic E-state index is 0.147. The zero-order valence-corrected chi connectivity index (χ0v) is 45.6. The van der Waals surface area contributed by atoms with Crippen LogP contribution in [0.25, 0.3) is 0 Å². The third-order valence-corrected chi connectivity index (χ3v) is 11.0. The van der Waals surface area contributed by atoms with E-state index in [1.165, 1.54) is 51.4 Å². The first-order valence-corrected chi connectivity index (χ1v) is 28.2. The van der Waals surface area contributed by atoms with Crippen LogP contribution in [-0.2, 0) is 28.6 Å². The summed E-state index contributed by atoms with van der Waals surface area (Å²) in [7, 11) is 0. The van der Waals surface area contributed by atoms with Gasteiger partial charge in [-0.3, -0.25) is 14.4 Å². The number of unbranched alkanes of at least 4 members (excludes halogenated alkanes) is 13. The summed E-state index contributed by atoms with van der Waals surface area (Å²) in [5.74, 6) is -1.12. The lowest BCUT2D eigenvalue weighted by molar-refractivity contribution is -0.166. The maximum absolute atomic E-state index is 12.9. The van der Waals surface area contributed by atoms with Crippen molar-refractivity contribution in [3.8, 4) is 0 Å². The molecule has 72 heavy (non-hydrogen) atoms. The summed E-state index contributed by atoms with van der Waals surface area (Å²) in [4.78, 5) is 38.1. The van der Waals surface area contributed by atoms with Crippen LogP contribution in [0.3, 0.4) is 0 Å². The average Bonchev–Trinajstić information content (AvgIpc) is 3.38. The second-order valence-corrected chi connectivity index (χ2v) is 17.9. The normalized spacial score (nSPS) is 13.4. The molecular weight excluding hydrogens is 889 g/mol. The molecule has 0 aliphatic rings. The molecule has 0 aliphatic carbocycles. The van der Waals surface area contributed by atoms with Crippen molar-refractivity contribution < 1.29 is 28.6 Å². The lowest BCUT2D eigenvalue weighted by Crippen LogP contribution is -2.30. The molecule has 0 radical (unpaired) electrons. The van der Waals surface area contributed by atoms with E-state index in [9.17, 15) is 14.4 Å². The minimum atomic E-state index is -0.853. The minimum Gasteiger partial charge on any atom is -0.462 e. The number of hydrogen-bond donors (Lipinski definition) is 0. The molecule has 1 atom stereocenters. The van der Waals surface area contributed by atoms with Gasteiger partial charge in [-0.05, 0) is 109 Å². The lowest BCUT2D eigenvalue weighted by Gasteiger charge is -2.18. The molecule has 6 nitrogen and oxygen atoms in total. The smallest absolute Gasteiger partial charge is 0.306 e. The van der Waals surface area contributed by atoms with Crippen molar-refractivity contribution >= 4 is 17.9 Å². The summed E-state index contributed by atoms with van der Waals surface area (Å²) in [6, 6.07) is 0. The van der Waals surface area contributed by atoms with Crippen molar-refractivity contribution in [2.45, 2.75) is 213 Å². The van der Waals surface area contributed by atoms with Gasteiger partial charge in [0, 0.05) is 19.3 Å². The van der Waals surface area contributed by atoms with E-state index in [1.54, 1.807) is 0 Å². The third kappa shape index (κ3) is 55.7. The molecule has 0 rings (SSSR count). The van der Waals surface area contributed by atoms with Gasteiger partial charge >= 0.3 is 17.9 Å². The summed E-state index contributed by atoms with van der Waals surface area (Å²) >= 11 is 0. The number of carbonyl (C=O) groups excluding carboxylic acids is 3. The topological polar surface area (TPSA) is 78.9 Å². The molecule has 0 aromatic carbocycles. The molecule has 0 aromatic rings. The summed E-state index contributed by atoms with van der Waals surface area (Å²) in [5.41, 5.74) is 0. The summed E-state index contributed by atoms with van der Waals surface area (Å²) in [5, 5.41) is 0. The van der Waals surface area contributed by atoms with E-state index < -0.39 is 6.10 Å². The van der Waals surface area contributed by atoms with E-state index in [-0.39, 0.29) is 50.4 Å². The van der Waals surface area contributed by atoms with Crippen molar-refractivity contribution in [1.29, 1.82) is 0 Å². The molecule has 0 saturated carbocycles. The Labute approximate surface area is 441 Å². The fourth-order valence-corrected chi connectivity index (χ4v) is 6.87. The summed E-state index contributed by atoms with van der Waals surface area (Å²) in [6.45, 7) is 6.28. The van der Waals surface area contributed by atoms with E-state index in [2.05, 4.69) is 142 Å². The Morgan fingerprint density at radius 1 is 0.306 bits per heavy atom. The molecule has 0 fully saturated rings. The van der Waals surface area contributed by atoms with Gasteiger partial charge in [-0.15, -0.1) is 0 Å². The van der Waals surface area contributed by atoms with Gasteiger partial charge in [0.25, 0.3) is 0 Å². The molecule has 6 heteroatoms. The molecule has 0 saturated heterocycles. The van der Waals surface area contributed by atoms with Crippen molar-refractivity contribution in [3.63, 3.8) is 0 Å². The quantitative estimate of drug-likeness (QED) is 0.0199. The lowest BCUT2D eigenvalue weighted by atomic mass is 10.1. The van der Waals surface area contributed by atoms with Gasteiger partial charge < -0.3 is 14.2 Å². The highest BCUT2D eigenvalue weighted by Crippen LogP contribution is 2.11. The zero-order valence-electron chi connectivity index (χ0n) is 45.6. The van der Waals surface area contributed by atoms with E-state index >= 15 is 0 Å². The van der Waals surface area contributed by atoms with Crippen LogP contribution in [0.1, 0.15) is 207 Å². The van der Waals surface area contributed by atoms with Gasteiger partial charge in [0.15, 0.2) is 6.10 Å². The van der Waals surface area contributed by atoms with Crippen molar-refractivity contribution in [3.05, 3.63) is 170 Å². The highest BCUT2D eigenvalue weighted by molar-refractivity contribution is 5.71. The number of rotatable bonds is 48. The molecule has 0 bridgehead atoms. The van der Waals surface area contributed by atoms with Crippen LogP contribution in [-0.4, -0.2) is 37.2 Å². The standard InChI is InChI=1S/C66H100O6/c1-4-7-10-13-16-19-22-25-28-31-33-36-38-41-44-47-50-53-56-59-65(68)71-62-63(61-70-64(67)58-55-52-49-46-43-40-37-34-30-27-24-21-18-15-12-9-6-3)72-66(69)60-57-54-51-48-45-42-39-35-32-29-26-23-20-17-14-11-8-5-2/h7,10-11,14,16-17,19-20,23,25-30,32-33,35-37,39-41,44,46,49-50,53,63H,4-6,8-9,12-13,15,18,21-22,24,31,34,38,42-43,45,47-48,51-52,54-62H2,1-3H3/b10-7-,14-11-,19-16-,20-17-,26-23-,28-25-,30-27-,32-29-,36-33-,39-35-,40-37-,44-41-,49-46-,53-50-. The van der Waals surface area contributed by atoms with Gasteiger partial charge in [-0.25, -0.2) is 0 Å². The van der Waals surface area contributed by atoms with Gasteiger partial charge in [0.1, 0.15) is 13.2 Å². The van der Waals surface area contributed by atoms with E-state index in [0.29, 0.717) is 19.3 Å². The van der Waals surface area contributed by atoms with Crippen LogP contribution in [0.2, 0.25) is 0 Å². The van der Waals surface area contributed by atoms with Crippen molar-refractivity contribution in [1.82, 2.24) is 0 Å². The molecule has 0 N–H and O–H groups in total. The summed E-state index contributed by atoms with van der Waals surface area (Å²) < 4.78 is 16.7. The van der Waals surface area contributed by atoms with Crippen LogP contribution in [0.5, 0.6) is 0 Å². The number of esters is 3. The van der Waals surface area contributed by atoms with Crippen molar-refractivity contribution in [2.24, 2.45) is 0 Å². The van der Waals surface area contributed by atoms with Crippen LogP contribution in [0.15, 0.2) is 170 Å². The Morgan fingerprint density at radius 3 is 1.15 bits per heavy atom. The number of allylic oxidation sites excluding steroid dienone is 28. The van der Waals surface area contributed by atoms with Gasteiger partial charge in [0.05, 0.1) is 0 Å². The molecule has 0 aliphatic heterocycles. The Bertz CT molecular complexity index is 1700. The first-order chi connectivity index (χ1) is 35.5. The molecule has 0 spiro atoms. The molecule has 1 unspecified atom stereocenters. The Kier molecular flexibility index (Phi) is 54.1. The first kappa shape index (κ1) is 66.8. The maximum atomic E-state index is 12.9. The largest absolute Gasteiger partial charge is 0.462 e. The fourth-order valence-electron chi connectivity index (χ4n) is 6.87. The third-order valence-electron chi connectivity index (χ3n) is 11.0. The maximum Gasteiger partial charge on any atom is 0.306 e. The molecular formula is C66H100O6. The number of carbonyl (C=O) groups is 3. The Balaban J connectivity index is 4.68. The van der Waals surface area contributed by atoms with Gasteiger partial charge in [0.2, 0.25) is 0 Å². The SMILES string of the molecule is CC/C=C\C/C=C\C/C=C\C/C=C\C/C=C\C/C=C\CCC(=O)OCC(COC(=O)CCC/C=C\C/C=C\C/C=C\CCCCCCCC)OC(=O)CCCCCCC\C=C/C=C\C=C/C=C\C=C/CCC. The highest BCUT2D eigenvalue weighted by atomic mass is 16.6. The van der Waals surface area contributed by atoms with Crippen LogP contribution in [0.4, 0.5) is 0 Å². The Morgan fingerprint density at radius 2 is 0.667 bits per heavy atom. The summed E-state index contributed by atoms with van der Waals surface area (Å²) in [6.07, 6.45) is 86.4. The van der Waals surface area contributed by atoms with Crippen molar-refractivity contribution in [2.75, 3.05) is 13.2 Å². The van der Waals surface area contributed by atoms with E-state index in [0.717, 1.165) is 96.3 Å². The molecule has 0 aromatic heterocycles. The number of hydrogen-bond acceptors (Lipinski definition) is 6. The predicted molar refractivity (Wildman–Crippen MR) is 311 cm³/mol. The van der Waals surface area contributed by atoms with Gasteiger partial charge in [-0.2, -0.15) is 0 Å². The molecule has 0 heterocycles. The second kappa shape index (κ2) is 58.3. The first-order valence-electron chi connectivity index (χ1n) is 28.2. The predicted octanol–water partition coefficient (Wildman–Crippen LogP) is 19.1. The van der Waals surface area contributed by atoms with E-state index in [4.69, 9.17) is 14.2 Å². The fraction of sp³-hybridized carbons (Fsp3) is 0.530. The molecule has 400 valence electrons. The monoisotopic (exact) mass is 989 g/mol. The second-order valence-electron chi connectivity index (χ2n) is 17.9. The van der Waals surface area contributed by atoms with Crippen LogP contribution >= 0.6 is 0 Å². The van der Waals surface area contributed by atoms with Crippen LogP contribution < -0.4 is 0 Å². The van der Waals surface area contributed by atoms with Gasteiger partial charge in [-0.1, -0.05) is 249 Å². The molecule has 0 amide bonds. The highest BCUT2D eigenvalue weighted by Gasteiger charge is 2.19.